The van der Waals surface area contributed by atoms with Crippen molar-refractivity contribution >= 4 is 5.91 Å². The lowest BCUT2D eigenvalue weighted by Gasteiger charge is -2.44. The van der Waals surface area contributed by atoms with Crippen molar-refractivity contribution in [3.05, 3.63) is 83.8 Å². The van der Waals surface area contributed by atoms with Crippen LogP contribution >= 0.6 is 0 Å². The number of aryl methyl sites for hydroxylation is 1. The molecule has 1 saturated heterocycles. The van der Waals surface area contributed by atoms with Crippen LogP contribution in [0.4, 0.5) is 13.2 Å². The summed E-state index contributed by atoms with van der Waals surface area (Å²) in [4.78, 5) is 14.8. The van der Waals surface area contributed by atoms with Gasteiger partial charge in [0.15, 0.2) is 5.69 Å². The first kappa shape index (κ1) is 22.4. The van der Waals surface area contributed by atoms with Crippen LogP contribution in [0.5, 0.6) is 5.75 Å². The third-order valence-corrected chi connectivity index (χ3v) is 7.00. The number of carbonyl (C=O) groups excluding carboxylic acids is 1. The number of hydrogen-bond donors (Lipinski definition) is 0. The van der Waals surface area contributed by atoms with Crippen molar-refractivity contribution in [2.24, 2.45) is 7.05 Å². The molecule has 4 heterocycles. The zero-order valence-corrected chi connectivity index (χ0v) is 19.4. The molecule has 7 nitrogen and oxygen atoms in total. The molecule has 0 radical (unpaired) electrons. The molecule has 184 valence electrons. The maximum atomic E-state index is 14.1. The minimum absolute atomic E-state index is 0.236. The summed E-state index contributed by atoms with van der Waals surface area (Å²) in [6.07, 6.45) is -1.10. The van der Waals surface area contributed by atoms with E-state index < -0.39 is 28.9 Å². The third-order valence-electron chi connectivity index (χ3n) is 7.00. The van der Waals surface area contributed by atoms with E-state index in [1.807, 2.05) is 36.0 Å². The van der Waals surface area contributed by atoms with E-state index in [4.69, 9.17) is 4.74 Å². The molecule has 1 amide bonds. The zero-order chi connectivity index (χ0) is 25.1. The van der Waals surface area contributed by atoms with Crippen LogP contribution in [0.2, 0.25) is 0 Å². The average molecular weight is 493 g/mol. The molecule has 2 aromatic heterocycles. The molecule has 1 fully saturated rings. The minimum atomic E-state index is -4.75. The second-order valence-corrected chi connectivity index (χ2v) is 9.07. The number of nitrogens with zero attached hydrogens (tertiary/aromatic N) is 5. The Morgan fingerprint density at radius 2 is 1.67 bits per heavy atom. The Labute approximate surface area is 204 Å². The largest absolute Gasteiger partial charge is 0.482 e. The molecule has 2 aromatic carbocycles. The van der Waals surface area contributed by atoms with Gasteiger partial charge in [-0.25, -0.2) is 4.68 Å². The van der Waals surface area contributed by atoms with Gasteiger partial charge in [0.1, 0.15) is 11.4 Å². The molecular weight excluding hydrogens is 471 g/mol. The molecule has 6 rings (SSSR count). The first-order valence-electron chi connectivity index (χ1n) is 11.6. The second-order valence-electron chi connectivity index (χ2n) is 9.07. The average Bonchev–Trinajstić information content (AvgIpc) is 3.50. The molecule has 1 spiro atoms. The number of carbonyl (C=O) groups is 1. The summed E-state index contributed by atoms with van der Waals surface area (Å²) in [5.74, 6) is 0.0406. The monoisotopic (exact) mass is 493 g/mol. The zero-order valence-electron chi connectivity index (χ0n) is 19.4. The standard InChI is InChI=1S/C26H22F3N5O2/c1-32-22-18-9-5-6-10-21(18)36-25(20(22)16-30-32)11-13-33(14-12-25)24(35)19-15-31-34(23(19)26(27,28)29)17-7-3-2-4-8-17/h2-10,15-16H,11-14H2,1H3. The van der Waals surface area contributed by atoms with Crippen LogP contribution in [0.25, 0.3) is 16.9 Å². The minimum Gasteiger partial charge on any atom is -0.482 e. The number of fused-ring (bicyclic) bond motifs is 4. The lowest BCUT2D eigenvalue weighted by molar-refractivity contribution is -0.143. The lowest BCUT2D eigenvalue weighted by Crippen LogP contribution is -2.49. The van der Waals surface area contributed by atoms with E-state index in [1.165, 1.54) is 17.0 Å². The summed E-state index contributed by atoms with van der Waals surface area (Å²) >= 11 is 0. The van der Waals surface area contributed by atoms with Crippen LogP contribution in [0, 0.1) is 0 Å². The number of ether oxygens (including phenoxy) is 1. The summed E-state index contributed by atoms with van der Waals surface area (Å²) in [5, 5.41) is 8.36. The number of alkyl halides is 3. The van der Waals surface area contributed by atoms with Crippen molar-refractivity contribution < 1.29 is 22.7 Å². The quantitative estimate of drug-likeness (QED) is 0.402. The van der Waals surface area contributed by atoms with Gasteiger partial charge in [-0.15, -0.1) is 0 Å². The molecule has 4 aromatic rings. The maximum absolute atomic E-state index is 14.1. The number of para-hydroxylation sites is 2. The number of hydrogen-bond acceptors (Lipinski definition) is 4. The predicted molar refractivity (Wildman–Crippen MR) is 125 cm³/mol. The first-order valence-corrected chi connectivity index (χ1v) is 11.6. The highest BCUT2D eigenvalue weighted by molar-refractivity contribution is 5.95. The number of rotatable bonds is 2. The van der Waals surface area contributed by atoms with E-state index in [1.54, 1.807) is 24.4 Å². The Morgan fingerprint density at radius 3 is 2.39 bits per heavy atom. The second kappa shape index (κ2) is 7.97. The highest BCUT2D eigenvalue weighted by Gasteiger charge is 2.47. The van der Waals surface area contributed by atoms with Gasteiger partial charge in [0.25, 0.3) is 5.91 Å². The fraction of sp³-hybridized carbons (Fsp3) is 0.269. The van der Waals surface area contributed by atoms with E-state index >= 15 is 0 Å². The van der Waals surface area contributed by atoms with Gasteiger partial charge in [-0.2, -0.15) is 23.4 Å². The van der Waals surface area contributed by atoms with Crippen LogP contribution < -0.4 is 4.74 Å². The number of likely N-dealkylation sites (tertiary alicyclic amines) is 1. The van der Waals surface area contributed by atoms with Gasteiger partial charge in [-0.3, -0.25) is 9.48 Å². The summed E-state index contributed by atoms with van der Waals surface area (Å²) in [6, 6.07) is 15.7. The summed E-state index contributed by atoms with van der Waals surface area (Å²) in [5.41, 5.74) is 0.842. The van der Waals surface area contributed by atoms with E-state index in [0.717, 1.165) is 33.4 Å². The molecule has 0 saturated carbocycles. The van der Waals surface area contributed by atoms with E-state index in [2.05, 4.69) is 10.2 Å². The van der Waals surface area contributed by atoms with Crippen LogP contribution in [-0.2, 0) is 18.8 Å². The molecule has 0 aliphatic carbocycles. The normalized spacial score (nSPS) is 16.4. The SMILES string of the molecule is Cn1ncc2c1-c1ccccc1OC21CCN(C(=O)c2cnn(-c3ccccc3)c2C(F)(F)F)CC1. The molecule has 10 heteroatoms. The summed E-state index contributed by atoms with van der Waals surface area (Å²) in [6.45, 7) is 0.478. The lowest BCUT2D eigenvalue weighted by atomic mass is 9.81. The number of piperidine rings is 1. The summed E-state index contributed by atoms with van der Waals surface area (Å²) in [7, 11) is 1.87. The number of halogens is 3. The number of amides is 1. The molecule has 0 N–H and O–H groups in total. The molecular formula is C26H22F3N5O2. The molecule has 0 unspecified atom stereocenters. The molecule has 2 aliphatic heterocycles. The highest BCUT2D eigenvalue weighted by atomic mass is 19.4. The van der Waals surface area contributed by atoms with Crippen LogP contribution in [-0.4, -0.2) is 43.5 Å². The fourth-order valence-electron chi connectivity index (χ4n) is 5.26. The topological polar surface area (TPSA) is 65.2 Å². The van der Waals surface area contributed by atoms with Gasteiger partial charge in [0.2, 0.25) is 0 Å². The van der Waals surface area contributed by atoms with Crippen LogP contribution in [0.3, 0.4) is 0 Å². The molecule has 0 atom stereocenters. The van der Waals surface area contributed by atoms with Gasteiger partial charge in [-0.05, 0) is 24.3 Å². The Kier molecular flexibility index (Phi) is 4.96. The smallest absolute Gasteiger partial charge is 0.434 e. The molecule has 2 aliphatic rings. The van der Waals surface area contributed by atoms with Crippen molar-refractivity contribution in [3.63, 3.8) is 0 Å². The van der Waals surface area contributed by atoms with Crippen molar-refractivity contribution in [2.45, 2.75) is 24.6 Å². The van der Waals surface area contributed by atoms with E-state index in [9.17, 15) is 18.0 Å². The van der Waals surface area contributed by atoms with Gasteiger partial charge >= 0.3 is 6.18 Å². The fourth-order valence-corrected chi connectivity index (χ4v) is 5.26. The van der Waals surface area contributed by atoms with Gasteiger partial charge in [-0.1, -0.05) is 30.3 Å². The van der Waals surface area contributed by atoms with Crippen molar-refractivity contribution in [3.8, 4) is 22.7 Å². The predicted octanol–water partition coefficient (Wildman–Crippen LogP) is 4.82. The van der Waals surface area contributed by atoms with Gasteiger partial charge in [0, 0.05) is 44.1 Å². The number of benzene rings is 2. The van der Waals surface area contributed by atoms with Crippen molar-refractivity contribution in [1.29, 1.82) is 0 Å². The summed E-state index contributed by atoms with van der Waals surface area (Å²) < 4.78 is 51.3. The Balaban J connectivity index is 1.30. The maximum Gasteiger partial charge on any atom is 0.434 e. The van der Waals surface area contributed by atoms with Crippen LogP contribution in [0.1, 0.15) is 34.5 Å². The Hall–Kier alpha value is -4.08. The van der Waals surface area contributed by atoms with Gasteiger partial charge < -0.3 is 9.64 Å². The van der Waals surface area contributed by atoms with Crippen molar-refractivity contribution in [2.75, 3.05) is 13.1 Å². The highest BCUT2D eigenvalue weighted by Crippen LogP contribution is 2.49. The van der Waals surface area contributed by atoms with Crippen LogP contribution in [0.15, 0.2) is 67.0 Å². The molecule has 36 heavy (non-hydrogen) atoms. The van der Waals surface area contributed by atoms with Gasteiger partial charge in [0.05, 0.1) is 29.3 Å². The number of aromatic nitrogens is 4. The van der Waals surface area contributed by atoms with E-state index in [-0.39, 0.29) is 18.8 Å². The third kappa shape index (κ3) is 3.39. The molecule has 0 bridgehead atoms. The Morgan fingerprint density at radius 1 is 0.972 bits per heavy atom. The Bertz CT molecular complexity index is 1450. The van der Waals surface area contributed by atoms with Crippen molar-refractivity contribution in [1.82, 2.24) is 24.5 Å². The first-order chi connectivity index (χ1) is 17.3. The van der Waals surface area contributed by atoms with E-state index in [0.29, 0.717) is 12.8 Å².